The third-order valence-corrected chi connectivity index (χ3v) is 2.24. The van der Waals surface area contributed by atoms with E-state index in [9.17, 15) is 19.0 Å². The zero-order chi connectivity index (χ0) is 13.0. The summed E-state index contributed by atoms with van der Waals surface area (Å²) in [4.78, 5) is 0. The van der Waals surface area contributed by atoms with Gasteiger partial charge in [-0.2, -0.15) is 9.65 Å². The third kappa shape index (κ3) is 2.90. The van der Waals surface area contributed by atoms with Gasteiger partial charge in [0.15, 0.2) is 11.6 Å². The highest BCUT2D eigenvalue weighted by atomic mass is 19.2. The number of nitrogens with zero attached hydrogens (tertiary/aromatic N) is 1. The molecule has 0 bridgehead atoms. The van der Waals surface area contributed by atoms with E-state index in [0.717, 1.165) is 19.2 Å². The second kappa shape index (κ2) is 5.57. The van der Waals surface area contributed by atoms with Gasteiger partial charge in [0.2, 0.25) is 5.82 Å². The van der Waals surface area contributed by atoms with E-state index in [-0.39, 0.29) is 17.7 Å². The van der Waals surface area contributed by atoms with E-state index >= 15 is 0 Å². The van der Waals surface area contributed by atoms with Gasteiger partial charge in [-0.05, 0) is 17.7 Å². The lowest BCUT2D eigenvalue weighted by Gasteiger charge is -2.16. The molecule has 2 unspecified atom stereocenters. The Morgan fingerprint density at radius 3 is 2.59 bits per heavy atom. The molecule has 2 N–H and O–H groups in total. The Hall–Kier alpha value is -1.71. The highest BCUT2D eigenvalue weighted by Gasteiger charge is 2.21. The second-order valence-electron chi connectivity index (χ2n) is 3.39. The first-order chi connectivity index (χ1) is 8.01. The smallest absolute Gasteiger partial charge is 0.200 e. The fourth-order valence-corrected chi connectivity index (χ4v) is 1.33. The number of nitriles is 1. The zero-order valence-corrected chi connectivity index (χ0v) is 9.02. The quantitative estimate of drug-likeness (QED) is 0.835. The Labute approximate surface area is 96.7 Å². The molecule has 1 rings (SSSR count). The highest BCUT2D eigenvalue weighted by molar-refractivity contribution is 5.33. The van der Waals surface area contributed by atoms with Gasteiger partial charge in [0.25, 0.3) is 0 Å². The molecule has 0 aromatic heterocycles. The van der Waals surface area contributed by atoms with E-state index in [2.05, 4.69) is 4.74 Å². The number of ether oxygens (including phenoxy) is 1. The van der Waals surface area contributed by atoms with Crippen molar-refractivity contribution in [2.75, 3.05) is 7.11 Å². The van der Waals surface area contributed by atoms with Crippen LogP contribution in [0.5, 0.6) is 5.75 Å². The van der Waals surface area contributed by atoms with Gasteiger partial charge in [-0.3, -0.25) is 0 Å². The van der Waals surface area contributed by atoms with Crippen LogP contribution in [0, 0.1) is 23.0 Å². The molecule has 0 aliphatic heterocycles. The topological polar surface area (TPSA) is 73.5 Å². The molecule has 17 heavy (non-hydrogen) atoms. The van der Waals surface area contributed by atoms with E-state index in [1.54, 1.807) is 6.07 Å². The molecule has 92 valence electrons. The standard InChI is InChI=1S/C11H11F2NO3/c1-17-9-5-6(4-7(12)10(9)13)11(16)8(15)2-3-14/h4-5,8,11,15-16H,2H2,1H3. The monoisotopic (exact) mass is 243 g/mol. The van der Waals surface area contributed by atoms with Gasteiger partial charge >= 0.3 is 0 Å². The van der Waals surface area contributed by atoms with Crippen LogP contribution in [0.1, 0.15) is 18.1 Å². The molecule has 0 amide bonds. The fourth-order valence-electron chi connectivity index (χ4n) is 1.33. The summed E-state index contributed by atoms with van der Waals surface area (Å²) in [5.41, 5.74) is -0.0523. The van der Waals surface area contributed by atoms with Crippen LogP contribution in [0.3, 0.4) is 0 Å². The maximum Gasteiger partial charge on any atom is 0.200 e. The Morgan fingerprint density at radius 2 is 2.06 bits per heavy atom. The van der Waals surface area contributed by atoms with Crippen LogP contribution in [0.2, 0.25) is 0 Å². The first kappa shape index (κ1) is 13.4. The molecule has 6 heteroatoms. The van der Waals surface area contributed by atoms with Crippen LogP contribution in [-0.2, 0) is 0 Å². The molecule has 0 radical (unpaired) electrons. The molecule has 0 saturated carbocycles. The van der Waals surface area contributed by atoms with Gasteiger partial charge in [0.1, 0.15) is 6.10 Å². The molecule has 0 saturated heterocycles. The zero-order valence-electron chi connectivity index (χ0n) is 9.02. The summed E-state index contributed by atoms with van der Waals surface area (Å²) >= 11 is 0. The van der Waals surface area contributed by atoms with E-state index in [1.165, 1.54) is 0 Å². The summed E-state index contributed by atoms with van der Waals surface area (Å²) in [5.74, 6) is -2.73. The fraction of sp³-hybridized carbons (Fsp3) is 0.364. The maximum absolute atomic E-state index is 13.1. The van der Waals surface area contributed by atoms with E-state index < -0.39 is 23.8 Å². The number of hydrogen-bond acceptors (Lipinski definition) is 4. The van der Waals surface area contributed by atoms with Gasteiger partial charge in [-0.25, -0.2) is 4.39 Å². The normalized spacial score (nSPS) is 13.9. The molecular weight excluding hydrogens is 232 g/mol. The lowest BCUT2D eigenvalue weighted by molar-refractivity contribution is 0.0212. The second-order valence-corrected chi connectivity index (χ2v) is 3.39. The van der Waals surface area contributed by atoms with E-state index in [1.807, 2.05) is 0 Å². The van der Waals surface area contributed by atoms with Crippen molar-refractivity contribution in [3.63, 3.8) is 0 Å². The SMILES string of the molecule is COc1cc(C(O)C(O)CC#N)cc(F)c1F. The van der Waals surface area contributed by atoms with E-state index in [0.29, 0.717) is 0 Å². The lowest BCUT2D eigenvalue weighted by Crippen LogP contribution is -2.18. The average molecular weight is 243 g/mol. The molecular formula is C11H11F2NO3. The first-order valence-electron chi connectivity index (χ1n) is 4.77. The molecule has 2 atom stereocenters. The third-order valence-electron chi connectivity index (χ3n) is 2.24. The van der Waals surface area contributed by atoms with Crippen LogP contribution in [-0.4, -0.2) is 23.4 Å². The Balaban J connectivity index is 3.07. The van der Waals surface area contributed by atoms with Crippen molar-refractivity contribution in [2.45, 2.75) is 18.6 Å². The summed E-state index contributed by atoms with van der Waals surface area (Å²) in [6.07, 6.45) is -3.16. The summed E-state index contributed by atoms with van der Waals surface area (Å²) in [7, 11) is 1.15. The number of hydrogen-bond donors (Lipinski definition) is 2. The van der Waals surface area contributed by atoms with Crippen molar-refractivity contribution in [1.82, 2.24) is 0 Å². The first-order valence-corrected chi connectivity index (χ1v) is 4.77. The minimum atomic E-state index is -1.47. The predicted octanol–water partition coefficient (Wildman–Crippen LogP) is 1.28. The predicted molar refractivity (Wildman–Crippen MR) is 54.1 cm³/mol. The minimum absolute atomic E-state index is 0.0523. The molecule has 4 nitrogen and oxygen atoms in total. The largest absolute Gasteiger partial charge is 0.494 e. The van der Waals surface area contributed by atoms with Gasteiger partial charge < -0.3 is 14.9 Å². The molecule has 1 aromatic carbocycles. The summed E-state index contributed by atoms with van der Waals surface area (Å²) < 4.78 is 30.8. The minimum Gasteiger partial charge on any atom is -0.494 e. The highest BCUT2D eigenvalue weighted by Crippen LogP contribution is 2.27. The number of halogens is 2. The summed E-state index contributed by atoms with van der Waals surface area (Å²) in [6.45, 7) is 0. The van der Waals surface area contributed by atoms with Crippen molar-refractivity contribution in [3.05, 3.63) is 29.3 Å². The number of rotatable bonds is 4. The van der Waals surface area contributed by atoms with Gasteiger partial charge in [0.05, 0.1) is 25.7 Å². The average Bonchev–Trinajstić information content (AvgIpc) is 2.31. The van der Waals surface area contributed by atoms with E-state index in [4.69, 9.17) is 5.26 Å². The Morgan fingerprint density at radius 1 is 1.41 bits per heavy atom. The number of benzene rings is 1. The van der Waals surface area contributed by atoms with Crippen LogP contribution < -0.4 is 4.74 Å². The molecule has 0 spiro atoms. The summed E-state index contributed by atoms with van der Waals surface area (Å²) in [6, 6.07) is 3.49. The van der Waals surface area contributed by atoms with Crippen LogP contribution in [0.25, 0.3) is 0 Å². The van der Waals surface area contributed by atoms with Crippen molar-refractivity contribution in [3.8, 4) is 11.8 Å². The Kier molecular flexibility index (Phi) is 4.37. The van der Waals surface area contributed by atoms with Gasteiger partial charge in [0, 0.05) is 0 Å². The van der Waals surface area contributed by atoms with Crippen molar-refractivity contribution >= 4 is 0 Å². The van der Waals surface area contributed by atoms with Crippen LogP contribution >= 0.6 is 0 Å². The summed E-state index contributed by atoms with van der Waals surface area (Å²) in [5, 5.41) is 27.3. The van der Waals surface area contributed by atoms with Gasteiger partial charge in [-0.15, -0.1) is 0 Å². The number of methoxy groups -OCH3 is 1. The van der Waals surface area contributed by atoms with Crippen LogP contribution in [0.4, 0.5) is 8.78 Å². The molecule has 0 aliphatic carbocycles. The van der Waals surface area contributed by atoms with Crippen molar-refractivity contribution in [1.29, 1.82) is 5.26 Å². The number of aliphatic hydroxyl groups is 2. The van der Waals surface area contributed by atoms with Crippen molar-refractivity contribution in [2.24, 2.45) is 0 Å². The van der Waals surface area contributed by atoms with Crippen molar-refractivity contribution < 1.29 is 23.7 Å². The van der Waals surface area contributed by atoms with Gasteiger partial charge in [-0.1, -0.05) is 0 Å². The molecule has 0 aliphatic rings. The Bertz CT molecular complexity index is 445. The molecule has 1 aromatic rings. The molecule has 0 heterocycles. The molecule has 0 fully saturated rings. The lowest BCUT2D eigenvalue weighted by atomic mass is 10.0. The van der Waals surface area contributed by atoms with Crippen LogP contribution in [0.15, 0.2) is 12.1 Å². The maximum atomic E-state index is 13.1. The number of aliphatic hydroxyl groups excluding tert-OH is 2.